The minimum atomic E-state index is -5.08. The van der Waals surface area contributed by atoms with Crippen molar-refractivity contribution in [1.29, 1.82) is 0 Å². The fourth-order valence-corrected chi connectivity index (χ4v) is 5.99. The molecule has 0 aliphatic heterocycles. The zero-order chi connectivity index (χ0) is 36.1. The fourth-order valence-electron chi connectivity index (χ4n) is 4.57. The second kappa shape index (κ2) is 14.9. The van der Waals surface area contributed by atoms with Gasteiger partial charge in [-0.2, -0.15) is 18.2 Å². The maximum atomic E-state index is 13.6. The average molecular weight is 708 g/mol. The highest BCUT2D eigenvalue weighted by atomic mass is 32.2. The number of carbonyl (C=O) groups is 2. The number of anilines is 2. The van der Waals surface area contributed by atoms with Crippen molar-refractivity contribution in [3.05, 3.63) is 54.4 Å². The lowest BCUT2D eigenvalue weighted by molar-refractivity contribution is -0.192. The summed E-state index contributed by atoms with van der Waals surface area (Å²) in [6.07, 6.45) is 0.0483. The number of rotatable bonds is 11. The van der Waals surface area contributed by atoms with Crippen molar-refractivity contribution < 1.29 is 55.6 Å². The molecule has 2 aromatic heterocycles. The molecule has 18 heteroatoms. The zero-order valence-electron chi connectivity index (χ0n) is 26.5. The summed E-state index contributed by atoms with van der Waals surface area (Å²) in [7, 11) is -1.03. The second-order valence-corrected chi connectivity index (χ2v) is 12.6. The van der Waals surface area contributed by atoms with Crippen LogP contribution in [-0.2, 0) is 14.8 Å². The number of aromatic nitrogens is 3. The van der Waals surface area contributed by atoms with Crippen LogP contribution in [0.4, 0.5) is 24.5 Å². The Labute approximate surface area is 278 Å². The van der Waals surface area contributed by atoms with Crippen LogP contribution in [0.25, 0.3) is 22.0 Å². The SMILES string of the molecule is COc1ncc(-c2ccc3c(Nc4cc(OC(C)C)cc(C(=O)O)c4)c(S(=O)(=O)NC4CCC4)cnc3c2)c(OC)n1.O=C(O)C(F)(F)F. The van der Waals surface area contributed by atoms with E-state index in [1.54, 1.807) is 30.5 Å². The van der Waals surface area contributed by atoms with Gasteiger partial charge in [0.15, 0.2) is 0 Å². The van der Waals surface area contributed by atoms with Crippen LogP contribution in [0.5, 0.6) is 17.6 Å². The van der Waals surface area contributed by atoms with E-state index >= 15 is 0 Å². The van der Waals surface area contributed by atoms with Gasteiger partial charge in [-0.3, -0.25) is 4.98 Å². The van der Waals surface area contributed by atoms with Crippen LogP contribution in [0.3, 0.4) is 0 Å². The van der Waals surface area contributed by atoms with Crippen LogP contribution in [0.15, 0.2) is 53.7 Å². The van der Waals surface area contributed by atoms with Crippen LogP contribution in [0.1, 0.15) is 43.5 Å². The molecule has 2 aromatic carbocycles. The highest BCUT2D eigenvalue weighted by Crippen LogP contribution is 2.37. The number of aliphatic carboxylic acids is 1. The topological polar surface area (TPSA) is 199 Å². The van der Waals surface area contributed by atoms with Gasteiger partial charge in [0.2, 0.25) is 15.9 Å². The Morgan fingerprint density at radius 2 is 1.69 bits per heavy atom. The van der Waals surface area contributed by atoms with E-state index in [4.69, 9.17) is 24.1 Å². The Morgan fingerprint density at radius 1 is 1.00 bits per heavy atom. The van der Waals surface area contributed by atoms with Gasteiger partial charge >= 0.3 is 24.1 Å². The fraction of sp³-hybridized carbons (Fsp3) is 0.323. The van der Waals surface area contributed by atoms with Crippen LogP contribution >= 0.6 is 0 Å². The molecule has 4 N–H and O–H groups in total. The Bertz CT molecular complexity index is 1970. The summed E-state index contributed by atoms with van der Waals surface area (Å²) >= 11 is 0. The van der Waals surface area contributed by atoms with Crippen molar-refractivity contribution >= 4 is 44.2 Å². The maximum absolute atomic E-state index is 13.6. The summed E-state index contributed by atoms with van der Waals surface area (Å²) in [6, 6.07) is 9.76. The normalized spacial score (nSPS) is 13.2. The average Bonchev–Trinajstić information content (AvgIpc) is 3.01. The summed E-state index contributed by atoms with van der Waals surface area (Å²) in [5.41, 5.74) is 2.32. The monoisotopic (exact) mass is 707 g/mol. The van der Waals surface area contributed by atoms with Crippen molar-refractivity contribution in [2.75, 3.05) is 19.5 Å². The number of aromatic carboxylic acids is 1. The number of halogens is 3. The first-order valence-corrected chi connectivity index (χ1v) is 16.0. The number of nitrogens with zero attached hydrogens (tertiary/aromatic N) is 3. The number of nitrogens with one attached hydrogen (secondary N) is 2. The van der Waals surface area contributed by atoms with Crippen molar-refractivity contribution in [3.8, 4) is 28.8 Å². The molecule has 14 nitrogen and oxygen atoms in total. The van der Waals surface area contributed by atoms with Gasteiger partial charge in [0.25, 0.3) is 0 Å². The molecular formula is C31H32F3N5O9S. The van der Waals surface area contributed by atoms with Gasteiger partial charge in [-0.1, -0.05) is 18.6 Å². The number of alkyl halides is 3. The lowest BCUT2D eigenvalue weighted by Gasteiger charge is -2.26. The molecule has 1 fully saturated rings. The summed E-state index contributed by atoms with van der Waals surface area (Å²) in [5.74, 6) is -3.28. The predicted molar refractivity (Wildman–Crippen MR) is 170 cm³/mol. The zero-order valence-corrected chi connectivity index (χ0v) is 27.3. The van der Waals surface area contributed by atoms with E-state index in [0.29, 0.717) is 39.3 Å². The van der Waals surface area contributed by atoms with E-state index in [1.807, 2.05) is 13.8 Å². The van der Waals surface area contributed by atoms with Gasteiger partial charge in [-0.25, -0.2) is 27.7 Å². The van der Waals surface area contributed by atoms with Crippen molar-refractivity contribution in [3.63, 3.8) is 0 Å². The molecule has 1 aliphatic carbocycles. The minimum absolute atomic E-state index is 0.0140. The number of ether oxygens (including phenoxy) is 3. The molecular weight excluding hydrogens is 675 g/mol. The van der Waals surface area contributed by atoms with Crippen LogP contribution < -0.4 is 24.2 Å². The van der Waals surface area contributed by atoms with Gasteiger partial charge in [0.05, 0.1) is 42.7 Å². The molecule has 4 aromatic rings. The molecule has 1 aliphatic rings. The number of methoxy groups -OCH3 is 2. The summed E-state index contributed by atoms with van der Waals surface area (Å²) in [5, 5.41) is 20.5. The summed E-state index contributed by atoms with van der Waals surface area (Å²) in [6.45, 7) is 3.66. The van der Waals surface area contributed by atoms with Crippen LogP contribution in [0.2, 0.25) is 0 Å². The molecule has 0 saturated heterocycles. The largest absolute Gasteiger partial charge is 0.491 e. The Hall–Kier alpha value is -5.23. The predicted octanol–water partition coefficient (Wildman–Crippen LogP) is 5.40. The lowest BCUT2D eigenvalue weighted by Crippen LogP contribution is -2.39. The summed E-state index contributed by atoms with van der Waals surface area (Å²) in [4.78, 5) is 33.6. The third-order valence-electron chi connectivity index (χ3n) is 7.01. The highest BCUT2D eigenvalue weighted by molar-refractivity contribution is 7.89. The Balaban J connectivity index is 0.000000698. The van der Waals surface area contributed by atoms with Gasteiger partial charge in [0.1, 0.15) is 10.6 Å². The molecule has 0 atom stereocenters. The standard InChI is InChI=1S/C29H31N5O7S.C2HF3O2/c1-16(2)41-21-11-18(28(35)36)10-20(13-21)32-26-22-9-8-17(23-14-31-29(40-4)33-27(23)39-3)12-24(22)30-15-25(26)42(37,38)34-19-6-5-7-19;3-2(4,5)1(6)7/h8-16,19,34H,5-7H2,1-4H3,(H,30,32)(H,35,36);(H,6,7). The third kappa shape index (κ3) is 9.02. The van der Waals surface area contributed by atoms with Gasteiger partial charge in [-0.05, 0) is 50.5 Å². The number of carboxylic acid groups (broad SMARTS) is 2. The molecule has 0 amide bonds. The third-order valence-corrected chi connectivity index (χ3v) is 8.54. The van der Waals surface area contributed by atoms with E-state index in [9.17, 15) is 31.5 Å². The second-order valence-electron chi connectivity index (χ2n) is 10.9. The van der Waals surface area contributed by atoms with Crippen LogP contribution in [-0.4, -0.2) is 78.1 Å². The summed E-state index contributed by atoms with van der Waals surface area (Å²) < 4.78 is 77.9. The first-order valence-electron chi connectivity index (χ1n) is 14.5. The van der Waals surface area contributed by atoms with E-state index in [2.05, 4.69) is 25.0 Å². The molecule has 0 radical (unpaired) electrons. The van der Waals surface area contributed by atoms with Gasteiger partial charge < -0.3 is 29.7 Å². The van der Waals surface area contributed by atoms with Crippen molar-refractivity contribution in [2.24, 2.45) is 0 Å². The van der Waals surface area contributed by atoms with Crippen LogP contribution in [0, 0.1) is 0 Å². The number of hydrogen-bond acceptors (Lipinski definition) is 11. The maximum Gasteiger partial charge on any atom is 0.490 e. The molecule has 1 saturated carbocycles. The smallest absolute Gasteiger partial charge is 0.490 e. The van der Waals surface area contributed by atoms with Gasteiger partial charge in [-0.15, -0.1) is 0 Å². The number of carboxylic acids is 2. The quantitative estimate of drug-likeness (QED) is 0.155. The Kier molecular flexibility index (Phi) is 11.1. The highest BCUT2D eigenvalue weighted by Gasteiger charge is 2.38. The molecule has 49 heavy (non-hydrogen) atoms. The molecule has 2 heterocycles. The lowest BCUT2D eigenvalue weighted by atomic mass is 9.94. The number of fused-ring (bicyclic) bond motifs is 1. The number of benzene rings is 2. The Morgan fingerprint density at radius 3 is 2.24 bits per heavy atom. The number of sulfonamides is 1. The van der Waals surface area contributed by atoms with E-state index < -0.39 is 28.1 Å². The minimum Gasteiger partial charge on any atom is -0.491 e. The van der Waals surface area contributed by atoms with Gasteiger partial charge in [0, 0.05) is 35.6 Å². The number of pyridine rings is 1. The van der Waals surface area contributed by atoms with E-state index in [0.717, 1.165) is 19.3 Å². The molecule has 5 rings (SSSR count). The van der Waals surface area contributed by atoms with Crippen molar-refractivity contribution in [1.82, 2.24) is 19.7 Å². The van der Waals surface area contributed by atoms with Crippen molar-refractivity contribution in [2.45, 2.75) is 56.3 Å². The first kappa shape index (κ1) is 36.6. The molecule has 0 bridgehead atoms. The molecule has 0 unspecified atom stereocenters. The van der Waals surface area contributed by atoms with E-state index in [-0.39, 0.29) is 34.3 Å². The molecule has 262 valence electrons. The molecule has 0 spiro atoms. The van der Waals surface area contributed by atoms with E-state index in [1.165, 1.54) is 32.5 Å². The first-order chi connectivity index (χ1) is 23.0. The number of hydrogen-bond donors (Lipinski definition) is 4.